The van der Waals surface area contributed by atoms with E-state index in [2.05, 4.69) is 20.9 Å². The summed E-state index contributed by atoms with van der Waals surface area (Å²) in [5, 5.41) is 0.716. The average Bonchev–Trinajstić information content (AvgIpc) is 3.23. The van der Waals surface area contributed by atoms with Gasteiger partial charge in [-0.05, 0) is 46.3 Å². The molecule has 0 aliphatic rings. The molecule has 0 saturated heterocycles. The first-order valence-corrected chi connectivity index (χ1v) is 9.31. The van der Waals surface area contributed by atoms with Gasteiger partial charge in [0.05, 0.1) is 23.1 Å². The first-order valence-electron chi connectivity index (χ1n) is 7.08. The standard InChI is InChI=1S/C17H11BrN2O3S/c18-15-6-8-19-17-14(15)10-16(12-7-9-23-11-12)20(17)24(21,22)13-4-2-1-3-5-13/h1-11H. The molecule has 0 bridgehead atoms. The Kier molecular flexibility index (Phi) is 3.54. The highest BCUT2D eigenvalue weighted by molar-refractivity contribution is 9.10. The number of halogens is 1. The second kappa shape index (κ2) is 5.61. The Hall–Kier alpha value is -2.38. The molecule has 0 amide bonds. The van der Waals surface area contributed by atoms with Gasteiger partial charge in [0, 0.05) is 21.6 Å². The fraction of sp³-hybridized carbons (Fsp3) is 0. The minimum absolute atomic E-state index is 0.203. The number of pyridine rings is 1. The van der Waals surface area contributed by atoms with E-state index in [9.17, 15) is 8.42 Å². The van der Waals surface area contributed by atoms with Gasteiger partial charge in [-0.2, -0.15) is 0 Å². The number of hydrogen-bond acceptors (Lipinski definition) is 4. The lowest BCUT2D eigenvalue weighted by Crippen LogP contribution is -2.14. The molecule has 0 fully saturated rings. The minimum atomic E-state index is -3.80. The van der Waals surface area contributed by atoms with Crippen LogP contribution in [0.1, 0.15) is 0 Å². The maximum absolute atomic E-state index is 13.2. The summed E-state index contributed by atoms with van der Waals surface area (Å²) in [4.78, 5) is 4.49. The van der Waals surface area contributed by atoms with Crippen molar-refractivity contribution in [1.82, 2.24) is 8.96 Å². The van der Waals surface area contributed by atoms with Crippen molar-refractivity contribution in [2.75, 3.05) is 0 Å². The van der Waals surface area contributed by atoms with Crippen molar-refractivity contribution in [1.29, 1.82) is 0 Å². The molecule has 0 aliphatic carbocycles. The van der Waals surface area contributed by atoms with Crippen LogP contribution in [0.25, 0.3) is 22.3 Å². The minimum Gasteiger partial charge on any atom is -0.472 e. The van der Waals surface area contributed by atoms with Crippen molar-refractivity contribution in [2.45, 2.75) is 4.90 Å². The monoisotopic (exact) mass is 402 g/mol. The Bertz CT molecular complexity index is 1120. The number of benzene rings is 1. The van der Waals surface area contributed by atoms with Crippen molar-refractivity contribution in [3.8, 4) is 11.3 Å². The molecule has 0 spiro atoms. The van der Waals surface area contributed by atoms with E-state index in [1.807, 2.05) is 0 Å². The number of furan rings is 1. The zero-order valence-corrected chi connectivity index (χ0v) is 14.7. The van der Waals surface area contributed by atoms with Crippen LogP contribution in [0.15, 0.2) is 81.0 Å². The van der Waals surface area contributed by atoms with E-state index in [4.69, 9.17) is 4.42 Å². The Morgan fingerprint density at radius 2 is 1.88 bits per heavy atom. The van der Waals surface area contributed by atoms with E-state index in [1.165, 1.54) is 16.5 Å². The molecule has 3 heterocycles. The third kappa shape index (κ3) is 2.28. The molecule has 3 aromatic heterocycles. The topological polar surface area (TPSA) is 65.1 Å². The molecule has 0 N–H and O–H groups in total. The van der Waals surface area contributed by atoms with Crippen molar-refractivity contribution >= 4 is 37.0 Å². The number of rotatable bonds is 3. The van der Waals surface area contributed by atoms with Crippen molar-refractivity contribution in [3.05, 3.63) is 71.7 Å². The number of aromatic nitrogens is 2. The summed E-state index contributed by atoms with van der Waals surface area (Å²) in [6, 6.07) is 13.6. The molecule has 0 unspecified atom stereocenters. The van der Waals surface area contributed by atoms with E-state index in [0.717, 1.165) is 4.47 Å². The maximum Gasteiger partial charge on any atom is 0.269 e. The van der Waals surface area contributed by atoms with Gasteiger partial charge >= 0.3 is 0 Å². The predicted molar refractivity (Wildman–Crippen MR) is 94.2 cm³/mol. The van der Waals surface area contributed by atoms with Crippen molar-refractivity contribution in [3.63, 3.8) is 0 Å². The fourth-order valence-corrected chi connectivity index (χ4v) is 4.51. The highest BCUT2D eigenvalue weighted by Crippen LogP contribution is 2.34. The first kappa shape index (κ1) is 15.2. The van der Waals surface area contributed by atoms with Gasteiger partial charge in [-0.3, -0.25) is 0 Å². The lowest BCUT2D eigenvalue weighted by Gasteiger charge is -2.10. The van der Waals surface area contributed by atoms with Crippen LogP contribution in [0, 0.1) is 0 Å². The molecule has 0 radical (unpaired) electrons. The Labute approximate surface area is 146 Å². The predicted octanol–water partition coefficient (Wildman–Crippen LogP) is 4.30. The molecule has 0 saturated carbocycles. The van der Waals surface area contributed by atoms with E-state index in [1.54, 1.807) is 54.7 Å². The number of fused-ring (bicyclic) bond motifs is 1. The molecule has 1 aromatic carbocycles. The molecule has 7 heteroatoms. The lowest BCUT2D eigenvalue weighted by atomic mass is 10.2. The van der Waals surface area contributed by atoms with Gasteiger partial charge in [0.2, 0.25) is 0 Å². The maximum atomic E-state index is 13.2. The Morgan fingerprint density at radius 3 is 2.58 bits per heavy atom. The van der Waals surface area contributed by atoms with Crippen LogP contribution >= 0.6 is 15.9 Å². The lowest BCUT2D eigenvalue weighted by molar-refractivity contribution is 0.568. The third-order valence-corrected chi connectivity index (χ3v) is 6.12. The quantitative estimate of drug-likeness (QED) is 0.512. The van der Waals surface area contributed by atoms with Gasteiger partial charge in [-0.25, -0.2) is 17.4 Å². The van der Waals surface area contributed by atoms with E-state index < -0.39 is 10.0 Å². The second-order valence-corrected chi connectivity index (χ2v) is 7.80. The molecule has 120 valence electrons. The summed E-state index contributed by atoms with van der Waals surface area (Å²) in [7, 11) is -3.80. The van der Waals surface area contributed by atoms with Gasteiger partial charge in [-0.1, -0.05) is 18.2 Å². The van der Waals surface area contributed by atoms with Gasteiger partial charge in [0.15, 0.2) is 5.65 Å². The van der Waals surface area contributed by atoms with Crippen LogP contribution in [-0.4, -0.2) is 17.4 Å². The largest absolute Gasteiger partial charge is 0.472 e. The van der Waals surface area contributed by atoms with Crippen LogP contribution in [0.2, 0.25) is 0 Å². The first-order chi connectivity index (χ1) is 11.6. The molecule has 5 nitrogen and oxygen atoms in total. The molecule has 0 aliphatic heterocycles. The Balaban J connectivity index is 2.11. The van der Waals surface area contributed by atoms with Crippen LogP contribution in [-0.2, 0) is 10.0 Å². The normalized spacial score (nSPS) is 11.9. The van der Waals surface area contributed by atoms with E-state index in [0.29, 0.717) is 22.3 Å². The summed E-state index contributed by atoms with van der Waals surface area (Å²) < 4.78 is 33.6. The SMILES string of the molecule is O=S(=O)(c1ccccc1)n1c(-c2ccoc2)cc2c(Br)ccnc21. The number of hydrogen-bond donors (Lipinski definition) is 0. The molecule has 4 rings (SSSR count). The van der Waals surface area contributed by atoms with E-state index in [-0.39, 0.29) is 4.90 Å². The van der Waals surface area contributed by atoms with Crippen molar-refractivity contribution < 1.29 is 12.8 Å². The zero-order chi connectivity index (χ0) is 16.7. The van der Waals surface area contributed by atoms with Crippen molar-refractivity contribution in [2.24, 2.45) is 0 Å². The molecular weight excluding hydrogens is 392 g/mol. The highest BCUT2D eigenvalue weighted by Gasteiger charge is 2.25. The molecule has 24 heavy (non-hydrogen) atoms. The number of nitrogens with zero attached hydrogens (tertiary/aromatic N) is 2. The summed E-state index contributed by atoms with van der Waals surface area (Å²) >= 11 is 3.46. The zero-order valence-electron chi connectivity index (χ0n) is 12.3. The highest BCUT2D eigenvalue weighted by atomic mass is 79.9. The fourth-order valence-electron chi connectivity index (χ4n) is 2.60. The van der Waals surface area contributed by atoms with Gasteiger partial charge in [0.25, 0.3) is 10.0 Å². The van der Waals surface area contributed by atoms with Gasteiger partial charge in [-0.15, -0.1) is 0 Å². The second-order valence-electron chi connectivity index (χ2n) is 5.15. The van der Waals surface area contributed by atoms with Crippen LogP contribution in [0.3, 0.4) is 0 Å². The third-order valence-electron chi connectivity index (χ3n) is 3.71. The Morgan fingerprint density at radius 1 is 1.08 bits per heavy atom. The van der Waals surface area contributed by atoms with Gasteiger partial charge in [0.1, 0.15) is 0 Å². The van der Waals surface area contributed by atoms with Gasteiger partial charge < -0.3 is 4.42 Å². The summed E-state index contributed by atoms with van der Waals surface area (Å²) in [5.74, 6) is 0. The van der Waals surface area contributed by atoms with Crippen LogP contribution in [0.5, 0.6) is 0 Å². The van der Waals surface area contributed by atoms with E-state index >= 15 is 0 Å². The average molecular weight is 403 g/mol. The smallest absolute Gasteiger partial charge is 0.269 e. The summed E-state index contributed by atoms with van der Waals surface area (Å²) in [6.45, 7) is 0. The van der Waals surface area contributed by atoms with Crippen LogP contribution in [0.4, 0.5) is 0 Å². The summed E-state index contributed by atoms with van der Waals surface area (Å²) in [6.07, 6.45) is 4.59. The van der Waals surface area contributed by atoms with Crippen LogP contribution < -0.4 is 0 Å². The molecule has 0 atom stereocenters. The molecular formula is C17H11BrN2O3S. The summed E-state index contributed by atoms with van der Waals surface area (Å²) in [5.41, 5.74) is 1.53. The molecule has 4 aromatic rings.